The largest absolute Gasteiger partial charge is 0.215 e. The molecule has 0 radical (unpaired) electrons. The summed E-state index contributed by atoms with van der Waals surface area (Å²) in [6, 6.07) is 0. The first-order valence-electron chi connectivity index (χ1n) is 5.59. The van der Waals surface area contributed by atoms with Crippen molar-refractivity contribution >= 4 is 10.0 Å². The monoisotopic (exact) mass is 229 g/mol. The smallest absolute Gasteiger partial charge is 0.214 e. The van der Waals surface area contributed by atoms with Crippen molar-refractivity contribution in [2.24, 2.45) is 0 Å². The molecule has 0 bridgehead atoms. The molecule has 0 aromatic carbocycles. The first kappa shape index (κ1) is 12.5. The van der Waals surface area contributed by atoms with Crippen molar-refractivity contribution in [3.05, 3.63) is 0 Å². The predicted molar refractivity (Wildman–Crippen MR) is 61.9 cm³/mol. The summed E-state index contributed by atoms with van der Waals surface area (Å²) in [6.07, 6.45) is 11.3. The number of nitrogens with one attached hydrogen (secondary N) is 1. The van der Waals surface area contributed by atoms with Gasteiger partial charge < -0.3 is 0 Å². The quantitative estimate of drug-likeness (QED) is 0.556. The first-order chi connectivity index (χ1) is 7.17. The highest BCUT2D eigenvalue weighted by Crippen LogP contribution is 2.23. The third-order valence-electron chi connectivity index (χ3n) is 2.79. The van der Waals surface area contributed by atoms with E-state index >= 15 is 0 Å². The van der Waals surface area contributed by atoms with Crippen LogP contribution in [-0.4, -0.2) is 20.2 Å². The molecule has 1 fully saturated rings. The van der Waals surface area contributed by atoms with Gasteiger partial charge in [0.2, 0.25) is 10.0 Å². The number of sulfonamides is 1. The summed E-state index contributed by atoms with van der Waals surface area (Å²) in [6.45, 7) is 0.528. The second-order valence-electron chi connectivity index (χ2n) is 4.01. The molecule has 1 N–H and O–H groups in total. The maximum Gasteiger partial charge on any atom is 0.214 e. The van der Waals surface area contributed by atoms with Crippen LogP contribution in [0.25, 0.3) is 0 Å². The van der Waals surface area contributed by atoms with Gasteiger partial charge in [0, 0.05) is 13.0 Å². The van der Waals surface area contributed by atoms with Crippen molar-refractivity contribution in [1.29, 1.82) is 0 Å². The zero-order valence-electron chi connectivity index (χ0n) is 9.04. The Morgan fingerprint density at radius 2 is 1.93 bits per heavy atom. The van der Waals surface area contributed by atoms with E-state index in [2.05, 4.69) is 10.6 Å². The molecular weight excluding hydrogens is 210 g/mol. The number of unbranched alkanes of at least 4 members (excludes halogenated alkanes) is 2. The number of terminal acetylenes is 1. The molecule has 15 heavy (non-hydrogen) atoms. The van der Waals surface area contributed by atoms with Gasteiger partial charge in [0.15, 0.2) is 0 Å². The lowest BCUT2D eigenvalue weighted by Gasteiger charge is -2.11. The fraction of sp³-hybridized carbons (Fsp3) is 0.818. The maximum absolute atomic E-state index is 11.7. The lowest BCUT2D eigenvalue weighted by Crippen LogP contribution is -2.33. The van der Waals surface area contributed by atoms with E-state index in [1.165, 1.54) is 0 Å². The Morgan fingerprint density at radius 3 is 2.53 bits per heavy atom. The lowest BCUT2D eigenvalue weighted by atomic mass is 10.2. The maximum atomic E-state index is 11.7. The van der Waals surface area contributed by atoms with Crippen LogP contribution < -0.4 is 4.72 Å². The standard InChI is InChI=1S/C11H19NO2S/c1-2-3-4-7-10-12-15(13,14)11-8-5-6-9-11/h1,11-12H,3-10H2. The second-order valence-corrected chi connectivity index (χ2v) is 6.05. The molecule has 0 aliphatic heterocycles. The van der Waals surface area contributed by atoms with Crippen LogP contribution in [0.1, 0.15) is 44.9 Å². The highest BCUT2D eigenvalue weighted by Gasteiger charge is 2.27. The van der Waals surface area contributed by atoms with Crippen molar-refractivity contribution in [3.8, 4) is 12.3 Å². The zero-order valence-corrected chi connectivity index (χ0v) is 9.85. The van der Waals surface area contributed by atoms with Crippen molar-refractivity contribution < 1.29 is 8.42 Å². The minimum atomic E-state index is -3.05. The van der Waals surface area contributed by atoms with Gasteiger partial charge in [0.05, 0.1) is 5.25 Å². The summed E-state index contributed by atoms with van der Waals surface area (Å²) < 4.78 is 26.1. The molecular formula is C11H19NO2S. The lowest BCUT2D eigenvalue weighted by molar-refractivity contribution is 0.561. The molecule has 0 spiro atoms. The molecule has 0 aromatic rings. The van der Waals surface area contributed by atoms with Crippen molar-refractivity contribution in [2.45, 2.75) is 50.2 Å². The van der Waals surface area contributed by atoms with E-state index < -0.39 is 10.0 Å². The molecule has 1 aliphatic carbocycles. The van der Waals surface area contributed by atoms with Crippen molar-refractivity contribution in [2.75, 3.05) is 6.54 Å². The van der Waals surface area contributed by atoms with Gasteiger partial charge >= 0.3 is 0 Å². The molecule has 1 aliphatic rings. The molecule has 0 unspecified atom stereocenters. The Bertz CT molecular complexity index is 310. The molecule has 1 saturated carbocycles. The molecule has 1 rings (SSSR count). The van der Waals surface area contributed by atoms with Crippen LogP contribution in [0.2, 0.25) is 0 Å². The Hall–Kier alpha value is -0.530. The van der Waals surface area contributed by atoms with Gasteiger partial charge in [0.25, 0.3) is 0 Å². The summed E-state index contributed by atoms with van der Waals surface area (Å²) in [5, 5.41) is -0.148. The minimum Gasteiger partial charge on any atom is -0.215 e. The van der Waals surface area contributed by atoms with Crippen LogP contribution in [0.4, 0.5) is 0 Å². The second kappa shape index (κ2) is 6.14. The van der Waals surface area contributed by atoms with Crippen LogP contribution in [0.5, 0.6) is 0 Å². The normalized spacial score (nSPS) is 17.8. The highest BCUT2D eigenvalue weighted by atomic mass is 32.2. The fourth-order valence-electron chi connectivity index (χ4n) is 1.88. The summed E-state index contributed by atoms with van der Waals surface area (Å²) in [5.74, 6) is 2.54. The van der Waals surface area contributed by atoms with Gasteiger partial charge in [-0.05, 0) is 25.7 Å². The van der Waals surface area contributed by atoms with Crippen molar-refractivity contribution in [1.82, 2.24) is 4.72 Å². The minimum absolute atomic E-state index is 0.148. The van der Waals surface area contributed by atoms with Gasteiger partial charge in [0.1, 0.15) is 0 Å². The molecule has 86 valence electrons. The molecule has 4 heteroatoms. The van der Waals surface area contributed by atoms with Crippen LogP contribution >= 0.6 is 0 Å². The summed E-state index contributed by atoms with van der Waals surface area (Å²) in [7, 11) is -3.05. The Morgan fingerprint density at radius 1 is 1.27 bits per heavy atom. The van der Waals surface area contributed by atoms with Gasteiger partial charge in [-0.3, -0.25) is 0 Å². The third-order valence-corrected chi connectivity index (χ3v) is 4.75. The van der Waals surface area contributed by atoms with E-state index in [-0.39, 0.29) is 5.25 Å². The first-order valence-corrected chi connectivity index (χ1v) is 7.13. The van der Waals surface area contributed by atoms with Gasteiger partial charge in [-0.2, -0.15) is 0 Å². The average Bonchev–Trinajstić information content (AvgIpc) is 2.70. The molecule has 0 amide bonds. The Labute approximate surface area is 92.7 Å². The topological polar surface area (TPSA) is 46.2 Å². The van der Waals surface area contributed by atoms with E-state index in [1.54, 1.807) is 0 Å². The third kappa shape index (κ3) is 4.23. The Balaban J connectivity index is 2.22. The average molecular weight is 229 g/mol. The summed E-state index contributed by atoms with van der Waals surface area (Å²) >= 11 is 0. The molecule has 0 saturated heterocycles. The fourth-order valence-corrected chi connectivity index (χ4v) is 3.50. The van der Waals surface area contributed by atoms with Crippen molar-refractivity contribution in [3.63, 3.8) is 0 Å². The zero-order chi connectivity index (χ0) is 11.1. The van der Waals surface area contributed by atoms with E-state index in [4.69, 9.17) is 6.42 Å². The van der Waals surface area contributed by atoms with E-state index in [0.717, 1.165) is 44.9 Å². The Kier molecular flexibility index (Phi) is 5.13. The van der Waals surface area contributed by atoms with E-state index in [0.29, 0.717) is 6.54 Å². The van der Waals surface area contributed by atoms with Crippen LogP contribution in [0.15, 0.2) is 0 Å². The highest BCUT2D eigenvalue weighted by molar-refractivity contribution is 7.90. The van der Waals surface area contributed by atoms with E-state index in [1.807, 2.05) is 0 Å². The number of hydrogen-bond acceptors (Lipinski definition) is 2. The molecule has 0 aromatic heterocycles. The molecule has 0 heterocycles. The summed E-state index contributed by atoms with van der Waals surface area (Å²) in [4.78, 5) is 0. The number of hydrogen-bond donors (Lipinski definition) is 1. The molecule has 0 atom stereocenters. The van der Waals surface area contributed by atoms with Gasteiger partial charge in [-0.15, -0.1) is 12.3 Å². The van der Waals surface area contributed by atoms with Crippen LogP contribution in [0.3, 0.4) is 0 Å². The van der Waals surface area contributed by atoms with Crippen LogP contribution in [-0.2, 0) is 10.0 Å². The van der Waals surface area contributed by atoms with E-state index in [9.17, 15) is 8.42 Å². The molecule has 3 nitrogen and oxygen atoms in total. The predicted octanol–water partition coefficient (Wildman–Crippen LogP) is 1.65. The summed E-state index contributed by atoms with van der Waals surface area (Å²) in [5.41, 5.74) is 0. The SMILES string of the molecule is C#CCCCCNS(=O)(=O)C1CCCC1. The van der Waals surface area contributed by atoms with Crippen LogP contribution in [0, 0.1) is 12.3 Å². The van der Waals surface area contributed by atoms with Gasteiger partial charge in [-0.25, -0.2) is 13.1 Å². The number of rotatable bonds is 6. The van der Waals surface area contributed by atoms with Gasteiger partial charge in [-0.1, -0.05) is 12.8 Å².